The second kappa shape index (κ2) is 3.97. The molecule has 0 amide bonds. The van der Waals surface area contributed by atoms with E-state index >= 15 is 0 Å². The zero-order chi connectivity index (χ0) is 10.9. The first-order valence-corrected chi connectivity index (χ1v) is 5.93. The first-order valence-electron chi connectivity index (χ1n) is 5.93. The summed E-state index contributed by atoms with van der Waals surface area (Å²) in [5, 5.41) is 3.70. The van der Waals surface area contributed by atoms with Crippen molar-refractivity contribution in [3.05, 3.63) is 35.9 Å². The monoisotopic (exact) mass is 203 g/mol. The van der Waals surface area contributed by atoms with E-state index in [1.165, 1.54) is 18.4 Å². The van der Waals surface area contributed by atoms with Gasteiger partial charge in [-0.3, -0.25) is 0 Å². The van der Waals surface area contributed by atoms with Crippen LogP contribution in [0, 0.1) is 5.41 Å². The lowest BCUT2D eigenvalue weighted by atomic mass is 9.98. The number of hydrogen-bond acceptors (Lipinski definition) is 1. The molecule has 2 atom stereocenters. The number of rotatable bonds is 4. The Hall–Kier alpha value is -0.820. The number of benzene rings is 1. The van der Waals surface area contributed by atoms with Gasteiger partial charge in [0.1, 0.15) is 0 Å². The number of nitrogens with one attached hydrogen (secondary N) is 1. The third-order valence-corrected chi connectivity index (χ3v) is 3.88. The average Bonchev–Trinajstić information content (AvgIpc) is 2.99. The van der Waals surface area contributed by atoms with E-state index in [2.05, 4.69) is 56.4 Å². The summed E-state index contributed by atoms with van der Waals surface area (Å²) in [6, 6.07) is 11.8. The minimum Gasteiger partial charge on any atom is -0.307 e. The topological polar surface area (TPSA) is 12.0 Å². The molecule has 1 aromatic carbocycles. The maximum absolute atomic E-state index is 3.70. The molecule has 0 bridgehead atoms. The Labute approximate surface area is 92.9 Å². The van der Waals surface area contributed by atoms with Crippen molar-refractivity contribution in [2.45, 2.75) is 45.7 Å². The Morgan fingerprint density at radius 2 is 1.73 bits per heavy atom. The standard InChI is InChI=1S/C14H21N/c1-11(13-7-5-4-6-8-13)15-12(2)14(3)9-10-14/h4-8,11-12,15H,9-10H2,1-3H3/t11-,12?/m1/s1. The first-order chi connectivity index (χ1) is 7.12. The lowest BCUT2D eigenvalue weighted by Crippen LogP contribution is -2.35. The molecule has 82 valence electrons. The van der Waals surface area contributed by atoms with E-state index in [1.807, 2.05) is 0 Å². The molecule has 1 N–H and O–H groups in total. The summed E-state index contributed by atoms with van der Waals surface area (Å²) in [6.45, 7) is 6.94. The van der Waals surface area contributed by atoms with Crippen LogP contribution in [0.2, 0.25) is 0 Å². The van der Waals surface area contributed by atoms with E-state index in [0.29, 0.717) is 17.5 Å². The Morgan fingerprint density at radius 1 is 1.13 bits per heavy atom. The second-order valence-corrected chi connectivity index (χ2v) is 5.17. The van der Waals surface area contributed by atoms with Crippen LogP contribution >= 0.6 is 0 Å². The Morgan fingerprint density at radius 3 is 2.27 bits per heavy atom. The molecule has 0 aliphatic heterocycles. The minimum absolute atomic E-state index is 0.457. The van der Waals surface area contributed by atoms with Crippen LogP contribution in [0.1, 0.15) is 45.2 Å². The van der Waals surface area contributed by atoms with Gasteiger partial charge in [0.15, 0.2) is 0 Å². The van der Waals surface area contributed by atoms with Crippen LogP contribution < -0.4 is 5.32 Å². The van der Waals surface area contributed by atoms with E-state index in [-0.39, 0.29) is 0 Å². The predicted octanol–water partition coefficient (Wildman–Crippen LogP) is 3.53. The summed E-state index contributed by atoms with van der Waals surface area (Å²) in [5.74, 6) is 0. The largest absolute Gasteiger partial charge is 0.307 e. The van der Waals surface area contributed by atoms with Gasteiger partial charge in [0.05, 0.1) is 0 Å². The summed E-state index contributed by atoms with van der Waals surface area (Å²) in [7, 11) is 0. The highest BCUT2D eigenvalue weighted by molar-refractivity contribution is 5.18. The van der Waals surface area contributed by atoms with Crippen LogP contribution in [-0.2, 0) is 0 Å². The van der Waals surface area contributed by atoms with Gasteiger partial charge in [-0.15, -0.1) is 0 Å². The van der Waals surface area contributed by atoms with Crippen molar-refractivity contribution >= 4 is 0 Å². The Kier molecular flexibility index (Phi) is 2.83. The molecule has 0 heterocycles. The van der Waals surface area contributed by atoms with Gasteiger partial charge < -0.3 is 5.32 Å². The molecular formula is C14H21N. The van der Waals surface area contributed by atoms with Crippen molar-refractivity contribution in [1.82, 2.24) is 5.32 Å². The van der Waals surface area contributed by atoms with Crippen molar-refractivity contribution in [1.29, 1.82) is 0 Å². The van der Waals surface area contributed by atoms with Gasteiger partial charge in [-0.25, -0.2) is 0 Å². The molecule has 1 heteroatoms. The second-order valence-electron chi connectivity index (χ2n) is 5.17. The van der Waals surface area contributed by atoms with Gasteiger partial charge in [-0.05, 0) is 37.7 Å². The van der Waals surface area contributed by atoms with E-state index in [9.17, 15) is 0 Å². The van der Waals surface area contributed by atoms with E-state index in [0.717, 1.165) is 0 Å². The first kappa shape index (κ1) is 10.7. The Balaban J connectivity index is 1.95. The lowest BCUT2D eigenvalue weighted by Gasteiger charge is -2.25. The van der Waals surface area contributed by atoms with Gasteiger partial charge >= 0.3 is 0 Å². The van der Waals surface area contributed by atoms with E-state index < -0.39 is 0 Å². The molecule has 1 aliphatic rings. The number of hydrogen-bond donors (Lipinski definition) is 1. The zero-order valence-corrected chi connectivity index (χ0v) is 9.96. The van der Waals surface area contributed by atoms with Gasteiger partial charge in [-0.1, -0.05) is 37.3 Å². The van der Waals surface area contributed by atoms with Gasteiger partial charge in [-0.2, -0.15) is 0 Å². The molecule has 1 saturated carbocycles. The molecule has 1 unspecified atom stereocenters. The molecule has 0 saturated heterocycles. The summed E-state index contributed by atoms with van der Waals surface area (Å²) in [6.07, 6.45) is 2.76. The van der Waals surface area contributed by atoms with E-state index in [1.54, 1.807) is 0 Å². The molecular weight excluding hydrogens is 182 g/mol. The highest BCUT2D eigenvalue weighted by atomic mass is 15.0. The zero-order valence-electron chi connectivity index (χ0n) is 9.96. The molecule has 1 aromatic rings. The highest BCUT2D eigenvalue weighted by Gasteiger charge is 2.42. The average molecular weight is 203 g/mol. The van der Waals surface area contributed by atoms with Crippen LogP contribution in [0.4, 0.5) is 0 Å². The fourth-order valence-electron chi connectivity index (χ4n) is 2.04. The maximum atomic E-state index is 3.70. The van der Waals surface area contributed by atoms with Crippen molar-refractivity contribution in [2.75, 3.05) is 0 Å². The maximum Gasteiger partial charge on any atom is 0.0294 e. The van der Waals surface area contributed by atoms with Gasteiger partial charge in [0.2, 0.25) is 0 Å². The third kappa shape index (κ3) is 2.40. The van der Waals surface area contributed by atoms with Gasteiger partial charge in [0.25, 0.3) is 0 Å². The SMILES string of the molecule is CC(N[C@H](C)c1ccccc1)C1(C)CC1. The summed E-state index contributed by atoms with van der Waals surface area (Å²) >= 11 is 0. The van der Waals surface area contributed by atoms with Crippen molar-refractivity contribution in [2.24, 2.45) is 5.41 Å². The molecule has 1 aliphatic carbocycles. The van der Waals surface area contributed by atoms with Crippen LogP contribution in [0.5, 0.6) is 0 Å². The molecule has 2 rings (SSSR count). The van der Waals surface area contributed by atoms with Crippen molar-refractivity contribution < 1.29 is 0 Å². The molecule has 1 nitrogen and oxygen atoms in total. The molecule has 15 heavy (non-hydrogen) atoms. The van der Waals surface area contributed by atoms with Crippen LogP contribution in [0.15, 0.2) is 30.3 Å². The van der Waals surface area contributed by atoms with Crippen LogP contribution in [-0.4, -0.2) is 6.04 Å². The van der Waals surface area contributed by atoms with E-state index in [4.69, 9.17) is 0 Å². The van der Waals surface area contributed by atoms with Crippen molar-refractivity contribution in [3.63, 3.8) is 0 Å². The smallest absolute Gasteiger partial charge is 0.0294 e. The highest BCUT2D eigenvalue weighted by Crippen LogP contribution is 2.48. The van der Waals surface area contributed by atoms with Crippen LogP contribution in [0.25, 0.3) is 0 Å². The lowest BCUT2D eigenvalue weighted by molar-refractivity contribution is 0.350. The summed E-state index contributed by atoms with van der Waals surface area (Å²) in [5.41, 5.74) is 1.94. The summed E-state index contributed by atoms with van der Waals surface area (Å²) < 4.78 is 0. The third-order valence-electron chi connectivity index (χ3n) is 3.88. The normalized spacial score (nSPS) is 22.1. The minimum atomic E-state index is 0.457. The quantitative estimate of drug-likeness (QED) is 0.789. The fraction of sp³-hybridized carbons (Fsp3) is 0.571. The summed E-state index contributed by atoms with van der Waals surface area (Å²) in [4.78, 5) is 0. The molecule has 0 spiro atoms. The predicted molar refractivity (Wildman–Crippen MR) is 64.8 cm³/mol. The Bertz CT molecular complexity index is 313. The molecule has 1 fully saturated rings. The van der Waals surface area contributed by atoms with Gasteiger partial charge in [0, 0.05) is 12.1 Å². The van der Waals surface area contributed by atoms with Crippen LogP contribution in [0.3, 0.4) is 0 Å². The molecule has 0 aromatic heterocycles. The molecule has 0 radical (unpaired) electrons. The van der Waals surface area contributed by atoms with Crippen molar-refractivity contribution in [3.8, 4) is 0 Å². The fourth-order valence-corrected chi connectivity index (χ4v) is 2.04.